The van der Waals surface area contributed by atoms with Crippen molar-refractivity contribution < 1.29 is 19.2 Å². The van der Waals surface area contributed by atoms with Gasteiger partial charge in [0.25, 0.3) is 0 Å². The lowest BCUT2D eigenvalue weighted by atomic mass is 9.85. The molecule has 0 aliphatic heterocycles. The number of benzene rings is 2. The maximum Gasteiger partial charge on any atom is 0.243 e. The van der Waals surface area contributed by atoms with Gasteiger partial charge < -0.3 is 33.6 Å². The molecule has 240 valence electrons. The molecule has 10 nitrogen and oxygen atoms in total. The lowest BCUT2D eigenvalue weighted by Gasteiger charge is -2.31. The van der Waals surface area contributed by atoms with E-state index >= 15 is 0 Å². The summed E-state index contributed by atoms with van der Waals surface area (Å²) in [5.41, 5.74) is 22.4. The molecule has 4 amide bonds. The molecular formula is C32H51ClN6O4. The molecule has 2 aromatic carbocycles. The highest BCUT2D eigenvalue weighted by molar-refractivity contribution is 5.90. The van der Waals surface area contributed by atoms with Crippen molar-refractivity contribution in [2.75, 3.05) is 13.1 Å². The molecule has 0 bridgehead atoms. The number of nitrogens with one attached hydrogen (secondary N) is 2. The fourth-order valence-electron chi connectivity index (χ4n) is 4.94. The first kappa shape index (κ1) is 39.5. The maximum absolute atomic E-state index is 11.9. The Bertz CT molecular complexity index is 1020. The van der Waals surface area contributed by atoms with E-state index in [1.54, 1.807) is 0 Å². The molecule has 0 aliphatic carbocycles. The number of unbranched alkanes of at least 4 members (excludes halogenated alkanes) is 2. The Kier molecular flexibility index (Phi) is 19.5. The van der Waals surface area contributed by atoms with Crippen LogP contribution in [-0.4, -0.2) is 47.8 Å². The van der Waals surface area contributed by atoms with Gasteiger partial charge in [-0.15, -0.1) is 12.4 Å². The van der Waals surface area contributed by atoms with Crippen LogP contribution in [0.2, 0.25) is 0 Å². The van der Waals surface area contributed by atoms with E-state index in [2.05, 4.69) is 10.6 Å². The summed E-state index contributed by atoms with van der Waals surface area (Å²) in [6.45, 7) is 3.94. The summed E-state index contributed by atoms with van der Waals surface area (Å²) < 4.78 is 0. The van der Waals surface area contributed by atoms with Crippen molar-refractivity contribution in [2.45, 2.75) is 89.1 Å². The van der Waals surface area contributed by atoms with E-state index in [9.17, 15) is 19.2 Å². The number of hydrogen-bond acceptors (Lipinski definition) is 6. The van der Waals surface area contributed by atoms with E-state index in [0.717, 1.165) is 36.8 Å². The SMILES string of the molecule is CC(=O)NC(CCCCN)(CCc1ccccc1)C(N)=O.CC(=O)NC(CCCCN)(CCc1ccccc1)C(N)=O.Cl. The monoisotopic (exact) mass is 618 g/mol. The molecule has 11 heteroatoms. The average molecular weight is 619 g/mol. The minimum absolute atomic E-state index is 0. The largest absolute Gasteiger partial charge is 0.368 e. The zero-order chi connectivity index (χ0) is 31.4. The Hall–Kier alpha value is -3.47. The van der Waals surface area contributed by atoms with Crippen molar-refractivity contribution in [1.29, 1.82) is 0 Å². The molecule has 0 saturated heterocycles. The average Bonchev–Trinajstić information content (AvgIpc) is 2.95. The summed E-state index contributed by atoms with van der Waals surface area (Å²) in [4.78, 5) is 46.8. The van der Waals surface area contributed by atoms with Crippen LogP contribution in [0.5, 0.6) is 0 Å². The fourth-order valence-corrected chi connectivity index (χ4v) is 4.94. The van der Waals surface area contributed by atoms with Gasteiger partial charge in [0.05, 0.1) is 0 Å². The Morgan fingerprint density at radius 3 is 1.16 bits per heavy atom. The summed E-state index contributed by atoms with van der Waals surface area (Å²) in [5.74, 6) is -1.44. The Morgan fingerprint density at radius 2 is 0.907 bits per heavy atom. The summed E-state index contributed by atoms with van der Waals surface area (Å²) in [6.07, 6.45) is 6.53. The quantitative estimate of drug-likeness (QED) is 0.139. The molecule has 2 unspecified atom stereocenters. The van der Waals surface area contributed by atoms with E-state index in [1.165, 1.54) is 13.8 Å². The van der Waals surface area contributed by atoms with Gasteiger partial charge in [-0.25, -0.2) is 0 Å². The van der Waals surface area contributed by atoms with E-state index < -0.39 is 22.9 Å². The highest BCUT2D eigenvalue weighted by Gasteiger charge is 2.37. The molecular weight excluding hydrogens is 568 g/mol. The van der Waals surface area contributed by atoms with Gasteiger partial charge in [0.15, 0.2) is 0 Å². The molecule has 43 heavy (non-hydrogen) atoms. The smallest absolute Gasteiger partial charge is 0.243 e. The topological polar surface area (TPSA) is 196 Å². The highest BCUT2D eigenvalue weighted by Crippen LogP contribution is 2.23. The Balaban J connectivity index is 0.000000802. The number of nitrogens with two attached hydrogens (primary N) is 4. The standard InChI is InChI=1S/2C16H25N3O2.ClH/c2*1-13(20)19-16(15(18)21,10-5-6-12-17)11-9-14-7-3-2-4-8-14;/h2*2-4,7-8H,5-6,9-12,17H2,1H3,(H2,18,21)(H,19,20);1H. The molecule has 0 aromatic heterocycles. The van der Waals surface area contributed by atoms with Crippen LogP contribution < -0.4 is 33.6 Å². The fraction of sp³-hybridized carbons (Fsp3) is 0.500. The van der Waals surface area contributed by atoms with Gasteiger partial charge in [0.1, 0.15) is 11.1 Å². The number of carbonyl (C=O) groups is 4. The molecule has 0 heterocycles. The first-order valence-corrected chi connectivity index (χ1v) is 14.7. The van der Waals surface area contributed by atoms with Crippen molar-refractivity contribution >= 4 is 36.0 Å². The van der Waals surface area contributed by atoms with Crippen LogP contribution in [0.4, 0.5) is 0 Å². The number of amides is 4. The van der Waals surface area contributed by atoms with Crippen molar-refractivity contribution in [3.05, 3.63) is 71.8 Å². The molecule has 2 aromatic rings. The molecule has 0 radical (unpaired) electrons. The number of rotatable bonds is 18. The van der Waals surface area contributed by atoms with E-state index in [1.807, 2.05) is 60.7 Å². The summed E-state index contributed by atoms with van der Waals surface area (Å²) in [7, 11) is 0. The summed E-state index contributed by atoms with van der Waals surface area (Å²) in [6, 6.07) is 19.7. The second kappa shape index (κ2) is 21.3. The van der Waals surface area contributed by atoms with Gasteiger partial charge in [0, 0.05) is 13.8 Å². The van der Waals surface area contributed by atoms with Gasteiger partial charge in [-0.05, 0) is 88.4 Å². The van der Waals surface area contributed by atoms with Crippen molar-refractivity contribution in [1.82, 2.24) is 10.6 Å². The first-order chi connectivity index (χ1) is 20.0. The van der Waals surface area contributed by atoms with Crippen LogP contribution in [-0.2, 0) is 32.0 Å². The van der Waals surface area contributed by atoms with Gasteiger partial charge in [-0.1, -0.05) is 60.7 Å². The van der Waals surface area contributed by atoms with Crippen LogP contribution in [0.25, 0.3) is 0 Å². The molecule has 2 atom stereocenters. The number of halogens is 1. The van der Waals surface area contributed by atoms with Crippen LogP contribution in [0, 0.1) is 0 Å². The predicted molar refractivity (Wildman–Crippen MR) is 174 cm³/mol. The Labute approximate surface area is 262 Å². The zero-order valence-corrected chi connectivity index (χ0v) is 26.4. The molecule has 0 saturated carbocycles. The summed E-state index contributed by atoms with van der Waals surface area (Å²) >= 11 is 0. The molecule has 10 N–H and O–H groups in total. The number of hydrogen-bond donors (Lipinski definition) is 6. The summed E-state index contributed by atoms with van der Waals surface area (Å²) in [5, 5.41) is 5.54. The van der Waals surface area contributed by atoms with Crippen LogP contribution in [0.3, 0.4) is 0 Å². The van der Waals surface area contributed by atoms with Crippen LogP contribution in [0.15, 0.2) is 60.7 Å². The maximum atomic E-state index is 11.9. The Morgan fingerprint density at radius 1 is 0.581 bits per heavy atom. The third-order valence-corrected chi connectivity index (χ3v) is 7.26. The van der Waals surface area contributed by atoms with Crippen molar-refractivity contribution in [3.63, 3.8) is 0 Å². The van der Waals surface area contributed by atoms with Crippen molar-refractivity contribution in [3.8, 4) is 0 Å². The predicted octanol–water partition coefficient (Wildman–Crippen LogP) is 2.64. The van der Waals surface area contributed by atoms with E-state index in [0.29, 0.717) is 51.6 Å². The van der Waals surface area contributed by atoms with Crippen molar-refractivity contribution in [2.24, 2.45) is 22.9 Å². The number of carbonyl (C=O) groups excluding carboxylic acids is 4. The van der Waals surface area contributed by atoms with Crippen LogP contribution >= 0.6 is 12.4 Å². The minimum atomic E-state index is -0.989. The lowest BCUT2D eigenvalue weighted by molar-refractivity contribution is -0.131. The van der Waals surface area contributed by atoms with Gasteiger partial charge >= 0.3 is 0 Å². The zero-order valence-electron chi connectivity index (χ0n) is 25.6. The molecule has 0 aliphatic rings. The second-order valence-corrected chi connectivity index (χ2v) is 10.7. The number of aryl methyl sites for hydroxylation is 2. The van der Waals surface area contributed by atoms with Gasteiger partial charge in [-0.2, -0.15) is 0 Å². The number of primary amides is 2. The van der Waals surface area contributed by atoms with Gasteiger partial charge in [0.2, 0.25) is 23.6 Å². The third kappa shape index (κ3) is 15.0. The lowest BCUT2D eigenvalue weighted by Crippen LogP contribution is -2.57. The van der Waals surface area contributed by atoms with Gasteiger partial charge in [-0.3, -0.25) is 19.2 Å². The molecule has 0 spiro atoms. The third-order valence-electron chi connectivity index (χ3n) is 7.26. The minimum Gasteiger partial charge on any atom is -0.368 e. The van der Waals surface area contributed by atoms with E-state index in [4.69, 9.17) is 22.9 Å². The molecule has 2 rings (SSSR count). The molecule has 0 fully saturated rings. The van der Waals surface area contributed by atoms with E-state index in [-0.39, 0.29) is 24.2 Å². The van der Waals surface area contributed by atoms with Crippen LogP contribution in [0.1, 0.15) is 76.3 Å². The second-order valence-electron chi connectivity index (χ2n) is 10.7. The first-order valence-electron chi connectivity index (χ1n) is 14.7. The normalized spacial score (nSPS) is 13.1. The highest BCUT2D eigenvalue weighted by atomic mass is 35.5.